The van der Waals surface area contributed by atoms with Gasteiger partial charge in [0, 0.05) is 31.4 Å². The third-order valence-corrected chi connectivity index (χ3v) is 4.58. The Morgan fingerprint density at radius 3 is 2.79 bits per heavy atom. The Balaban J connectivity index is 1.88. The average Bonchev–Trinajstić information content (AvgIpc) is 3.32. The van der Waals surface area contributed by atoms with Crippen molar-refractivity contribution in [3.63, 3.8) is 0 Å². The molecular weight excluding hydrogens is 370 g/mol. The molecule has 3 aromatic heterocycles. The number of rotatable bonds is 5. The van der Waals surface area contributed by atoms with Crippen molar-refractivity contribution in [2.75, 3.05) is 19.5 Å². The molecule has 9 heteroatoms. The van der Waals surface area contributed by atoms with Crippen LogP contribution >= 0.6 is 0 Å². The molecular formula is C20H21N7O2. The Morgan fingerprint density at radius 2 is 2.10 bits per heavy atom. The van der Waals surface area contributed by atoms with E-state index in [2.05, 4.69) is 30.7 Å². The van der Waals surface area contributed by atoms with Crippen molar-refractivity contribution in [3.8, 4) is 17.1 Å². The predicted octanol–water partition coefficient (Wildman–Crippen LogP) is 2.78. The maximum Gasteiger partial charge on any atom is 0.254 e. The highest BCUT2D eigenvalue weighted by atomic mass is 16.5. The highest BCUT2D eigenvalue weighted by Crippen LogP contribution is 2.38. The molecule has 0 aliphatic rings. The van der Waals surface area contributed by atoms with E-state index in [1.54, 1.807) is 31.4 Å². The maximum atomic E-state index is 12.5. The molecule has 3 N–H and O–H groups in total. The molecule has 148 valence electrons. The molecule has 0 fully saturated rings. The summed E-state index contributed by atoms with van der Waals surface area (Å²) in [4.78, 5) is 24.4. The number of pyridine rings is 1. The van der Waals surface area contributed by atoms with Gasteiger partial charge in [-0.05, 0) is 25.1 Å². The molecule has 0 saturated heterocycles. The number of benzene rings is 1. The number of nitrogens with zero attached hydrogens (tertiary/aromatic N) is 4. The summed E-state index contributed by atoms with van der Waals surface area (Å²) in [7, 11) is 4.99. The number of hydrogen-bond acceptors (Lipinski definition) is 6. The van der Waals surface area contributed by atoms with Gasteiger partial charge in [0.2, 0.25) is 0 Å². The van der Waals surface area contributed by atoms with Gasteiger partial charge >= 0.3 is 0 Å². The van der Waals surface area contributed by atoms with Gasteiger partial charge in [0.05, 0.1) is 29.6 Å². The summed E-state index contributed by atoms with van der Waals surface area (Å²) >= 11 is 0. The molecule has 0 aliphatic heterocycles. The Labute approximate surface area is 167 Å². The van der Waals surface area contributed by atoms with Crippen molar-refractivity contribution >= 4 is 28.3 Å². The van der Waals surface area contributed by atoms with E-state index < -0.39 is 0 Å². The molecule has 0 unspecified atom stereocenters. The van der Waals surface area contributed by atoms with Crippen LogP contribution in [0.2, 0.25) is 0 Å². The number of fused-ring (bicyclic) bond motifs is 1. The standard InChI is InChI=1S/C20H21N7O2/c1-11-8-13-16(14(20(28)21-2)9-22-18(13)24-11)25-15-7-5-6-12(17(15)29-4)19-23-10-27(3)26-19/h5-10H,1-4H3,(H,21,28)(H2,22,24,25). The van der Waals surface area contributed by atoms with E-state index >= 15 is 0 Å². The Morgan fingerprint density at radius 1 is 1.28 bits per heavy atom. The van der Waals surface area contributed by atoms with Gasteiger partial charge in [0.25, 0.3) is 5.91 Å². The summed E-state index contributed by atoms with van der Waals surface area (Å²) in [6.45, 7) is 1.94. The quantitative estimate of drug-likeness (QED) is 0.483. The first kappa shape index (κ1) is 18.5. The van der Waals surface area contributed by atoms with Gasteiger partial charge in [-0.2, -0.15) is 5.10 Å². The minimum absolute atomic E-state index is 0.234. The fourth-order valence-electron chi connectivity index (χ4n) is 3.28. The number of carbonyl (C=O) groups is 1. The first-order chi connectivity index (χ1) is 14.0. The number of carbonyl (C=O) groups excluding carboxylic acids is 1. The second kappa shape index (κ2) is 7.27. The minimum Gasteiger partial charge on any atom is -0.494 e. The molecule has 0 saturated carbocycles. The van der Waals surface area contributed by atoms with E-state index in [9.17, 15) is 4.79 Å². The average molecular weight is 391 g/mol. The van der Waals surface area contributed by atoms with E-state index in [1.165, 1.54) is 0 Å². The topological polar surface area (TPSA) is 110 Å². The van der Waals surface area contributed by atoms with Gasteiger partial charge < -0.3 is 20.4 Å². The number of hydrogen-bond donors (Lipinski definition) is 3. The van der Waals surface area contributed by atoms with Crippen LogP contribution in [0.4, 0.5) is 11.4 Å². The van der Waals surface area contributed by atoms with E-state index in [4.69, 9.17) is 4.74 Å². The summed E-state index contributed by atoms with van der Waals surface area (Å²) in [6, 6.07) is 7.61. The van der Waals surface area contributed by atoms with Crippen molar-refractivity contribution in [2.45, 2.75) is 6.92 Å². The van der Waals surface area contributed by atoms with Crippen LogP contribution in [-0.2, 0) is 7.05 Å². The number of amides is 1. The zero-order valence-electron chi connectivity index (χ0n) is 16.6. The molecule has 1 amide bonds. The lowest BCUT2D eigenvalue weighted by Gasteiger charge is -2.16. The molecule has 9 nitrogen and oxygen atoms in total. The van der Waals surface area contributed by atoms with Crippen LogP contribution in [0.3, 0.4) is 0 Å². The first-order valence-electron chi connectivity index (χ1n) is 9.02. The molecule has 1 aromatic carbocycles. The van der Waals surface area contributed by atoms with Crippen molar-refractivity contribution in [1.29, 1.82) is 0 Å². The van der Waals surface area contributed by atoms with Crippen LogP contribution in [0.15, 0.2) is 36.8 Å². The fourth-order valence-corrected chi connectivity index (χ4v) is 3.28. The highest BCUT2D eigenvalue weighted by molar-refractivity contribution is 6.08. The molecule has 0 spiro atoms. The third-order valence-electron chi connectivity index (χ3n) is 4.58. The number of methoxy groups -OCH3 is 1. The molecule has 0 radical (unpaired) electrons. The molecule has 0 atom stereocenters. The van der Waals surface area contributed by atoms with Crippen molar-refractivity contribution in [1.82, 2.24) is 30.0 Å². The number of anilines is 2. The van der Waals surface area contributed by atoms with Crippen LogP contribution in [0.5, 0.6) is 5.75 Å². The summed E-state index contributed by atoms with van der Waals surface area (Å²) in [5.74, 6) is 0.901. The molecule has 4 aromatic rings. The zero-order chi connectivity index (χ0) is 20.5. The minimum atomic E-state index is -0.234. The lowest BCUT2D eigenvalue weighted by molar-refractivity contribution is 0.0963. The van der Waals surface area contributed by atoms with Gasteiger partial charge in [0.1, 0.15) is 12.0 Å². The Kier molecular flexibility index (Phi) is 4.63. The first-order valence-corrected chi connectivity index (χ1v) is 9.02. The monoisotopic (exact) mass is 391 g/mol. The third kappa shape index (κ3) is 3.27. The maximum absolute atomic E-state index is 12.5. The number of aromatic nitrogens is 5. The van der Waals surface area contributed by atoms with E-state index in [0.717, 1.165) is 16.6 Å². The molecule has 4 rings (SSSR count). The predicted molar refractivity (Wildman–Crippen MR) is 110 cm³/mol. The fraction of sp³-hybridized carbons (Fsp3) is 0.200. The summed E-state index contributed by atoms with van der Waals surface area (Å²) in [5.41, 5.74) is 4.15. The second-order valence-corrected chi connectivity index (χ2v) is 6.59. The van der Waals surface area contributed by atoms with Crippen molar-refractivity contribution in [3.05, 3.63) is 48.0 Å². The van der Waals surface area contributed by atoms with Crippen LogP contribution < -0.4 is 15.4 Å². The number of para-hydroxylation sites is 1. The normalized spacial score (nSPS) is 10.9. The van der Waals surface area contributed by atoms with Gasteiger partial charge in [0.15, 0.2) is 11.6 Å². The number of H-pyrrole nitrogens is 1. The smallest absolute Gasteiger partial charge is 0.254 e. The number of ether oxygens (including phenoxy) is 1. The summed E-state index contributed by atoms with van der Waals surface area (Å²) < 4.78 is 7.31. The second-order valence-electron chi connectivity index (χ2n) is 6.59. The van der Waals surface area contributed by atoms with Gasteiger partial charge in [-0.1, -0.05) is 6.07 Å². The summed E-state index contributed by atoms with van der Waals surface area (Å²) in [5, 5.41) is 11.2. The van der Waals surface area contributed by atoms with E-state index in [0.29, 0.717) is 34.2 Å². The molecule has 0 aliphatic carbocycles. The highest BCUT2D eigenvalue weighted by Gasteiger charge is 2.20. The summed E-state index contributed by atoms with van der Waals surface area (Å²) in [6.07, 6.45) is 3.18. The van der Waals surface area contributed by atoms with E-state index in [-0.39, 0.29) is 5.91 Å². The molecule has 29 heavy (non-hydrogen) atoms. The SMILES string of the molecule is CNC(=O)c1cnc2[nH]c(C)cc2c1Nc1cccc(-c2ncn(C)n2)c1OC. The zero-order valence-corrected chi connectivity index (χ0v) is 16.6. The number of aromatic amines is 1. The van der Waals surface area contributed by atoms with Crippen LogP contribution in [0.1, 0.15) is 16.1 Å². The van der Waals surface area contributed by atoms with Gasteiger partial charge in [-0.15, -0.1) is 0 Å². The molecule has 3 heterocycles. The van der Waals surface area contributed by atoms with Crippen LogP contribution in [-0.4, -0.2) is 44.8 Å². The lowest BCUT2D eigenvalue weighted by atomic mass is 10.1. The van der Waals surface area contributed by atoms with E-state index in [1.807, 2.05) is 38.2 Å². The van der Waals surface area contributed by atoms with Crippen LogP contribution in [0, 0.1) is 6.92 Å². The van der Waals surface area contributed by atoms with Crippen molar-refractivity contribution < 1.29 is 9.53 Å². The number of nitrogens with one attached hydrogen (secondary N) is 3. The van der Waals surface area contributed by atoms with Gasteiger partial charge in [-0.25, -0.2) is 9.97 Å². The van der Waals surface area contributed by atoms with Crippen LogP contribution in [0.25, 0.3) is 22.4 Å². The van der Waals surface area contributed by atoms with Crippen molar-refractivity contribution in [2.24, 2.45) is 7.05 Å². The van der Waals surface area contributed by atoms with Gasteiger partial charge in [-0.3, -0.25) is 9.48 Å². The Hall–Kier alpha value is -3.88. The number of aryl methyl sites for hydroxylation is 2. The lowest BCUT2D eigenvalue weighted by Crippen LogP contribution is -2.19. The Bertz CT molecular complexity index is 1210. The molecule has 0 bridgehead atoms. The largest absolute Gasteiger partial charge is 0.494 e.